The summed E-state index contributed by atoms with van der Waals surface area (Å²) in [5.74, 6) is 0.560. The topological polar surface area (TPSA) is 50.2 Å². The van der Waals surface area contributed by atoms with Crippen molar-refractivity contribution in [3.63, 3.8) is 0 Å². The highest BCUT2D eigenvalue weighted by molar-refractivity contribution is 5.74. The van der Waals surface area contributed by atoms with Crippen LogP contribution in [0.15, 0.2) is 42.6 Å². The molecule has 3 rings (SSSR count). The molecule has 1 aromatic carbocycles. The number of likely N-dealkylation sites (tertiary alicyclic amines) is 1. The number of aromatic nitrogens is 2. The summed E-state index contributed by atoms with van der Waals surface area (Å²) >= 11 is 0. The molecule has 2 amide bonds. The number of amides is 2. The second-order valence-electron chi connectivity index (χ2n) is 5.90. The van der Waals surface area contributed by atoms with Crippen LogP contribution in [0.1, 0.15) is 17.7 Å². The Balaban J connectivity index is 1.47. The predicted octanol–water partition coefficient (Wildman–Crippen LogP) is 2.19. The number of carbonyl (C=O) groups is 1. The molecule has 0 spiro atoms. The average Bonchev–Trinajstić information content (AvgIpc) is 3.15. The quantitative estimate of drug-likeness (QED) is 0.940. The molecule has 1 N–H and O–H groups in total. The zero-order valence-electron chi connectivity index (χ0n) is 12.9. The summed E-state index contributed by atoms with van der Waals surface area (Å²) < 4.78 is 1.78. The van der Waals surface area contributed by atoms with Crippen LogP contribution in [-0.4, -0.2) is 33.8 Å². The van der Waals surface area contributed by atoms with Crippen LogP contribution < -0.4 is 5.32 Å². The van der Waals surface area contributed by atoms with Crippen LogP contribution in [0.3, 0.4) is 0 Å². The molecule has 1 fully saturated rings. The molecule has 5 heteroatoms. The van der Waals surface area contributed by atoms with Crippen molar-refractivity contribution in [2.75, 3.05) is 13.1 Å². The summed E-state index contributed by atoms with van der Waals surface area (Å²) in [5, 5.41) is 7.08. The normalized spacial score (nSPS) is 17.7. The molecule has 5 nitrogen and oxygen atoms in total. The number of nitrogens with zero attached hydrogens (tertiary/aromatic N) is 3. The number of hydrogen-bond donors (Lipinski definition) is 1. The van der Waals surface area contributed by atoms with E-state index in [0.717, 1.165) is 31.6 Å². The van der Waals surface area contributed by atoms with E-state index in [0.29, 0.717) is 12.5 Å². The van der Waals surface area contributed by atoms with Gasteiger partial charge in [0.25, 0.3) is 0 Å². The minimum atomic E-state index is 0.0248. The van der Waals surface area contributed by atoms with E-state index in [-0.39, 0.29) is 6.03 Å². The van der Waals surface area contributed by atoms with Crippen LogP contribution in [-0.2, 0) is 20.0 Å². The SMILES string of the molecule is Cn1nccc1CNC(=O)N1CCC(Cc2ccccc2)C1. The Bertz CT molecular complexity index is 623. The molecule has 22 heavy (non-hydrogen) atoms. The van der Waals surface area contributed by atoms with Crippen molar-refractivity contribution in [3.8, 4) is 0 Å². The third kappa shape index (κ3) is 3.47. The third-order valence-corrected chi connectivity index (χ3v) is 4.28. The van der Waals surface area contributed by atoms with Crippen LogP contribution in [0.25, 0.3) is 0 Å². The molecule has 2 heterocycles. The van der Waals surface area contributed by atoms with Gasteiger partial charge < -0.3 is 10.2 Å². The number of hydrogen-bond acceptors (Lipinski definition) is 2. The molecule has 1 aliphatic heterocycles. The van der Waals surface area contributed by atoms with Crippen molar-refractivity contribution in [2.24, 2.45) is 13.0 Å². The maximum atomic E-state index is 12.2. The van der Waals surface area contributed by atoms with E-state index in [4.69, 9.17) is 0 Å². The van der Waals surface area contributed by atoms with E-state index in [1.807, 2.05) is 24.1 Å². The molecule has 1 atom stereocenters. The zero-order chi connectivity index (χ0) is 15.4. The van der Waals surface area contributed by atoms with Gasteiger partial charge in [-0.25, -0.2) is 4.79 Å². The molecule has 1 aromatic heterocycles. The van der Waals surface area contributed by atoms with E-state index < -0.39 is 0 Å². The Morgan fingerprint density at radius 3 is 2.86 bits per heavy atom. The first kappa shape index (κ1) is 14.6. The second-order valence-corrected chi connectivity index (χ2v) is 5.90. The molecule has 0 saturated carbocycles. The van der Waals surface area contributed by atoms with Gasteiger partial charge in [0.05, 0.1) is 12.2 Å². The molecule has 0 aliphatic carbocycles. The van der Waals surface area contributed by atoms with E-state index in [1.54, 1.807) is 10.9 Å². The second kappa shape index (κ2) is 6.64. The molecule has 2 aromatic rings. The fourth-order valence-electron chi connectivity index (χ4n) is 2.98. The van der Waals surface area contributed by atoms with Gasteiger partial charge in [-0.2, -0.15) is 5.10 Å². The van der Waals surface area contributed by atoms with Crippen molar-refractivity contribution in [2.45, 2.75) is 19.4 Å². The number of nitrogens with one attached hydrogen (secondary N) is 1. The Labute approximate surface area is 130 Å². The first-order valence-corrected chi connectivity index (χ1v) is 7.76. The standard InChI is InChI=1S/C17H22N4O/c1-20-16(7-9-19-20)12-18-17(22)21-10-8-15(13-21)11-14-5-3-2-4-6-14/h2-7,9,15H,8,10-13H2,1H3,(H,18,22). The molecular weight excluding hydrogens is 276 g/mol. The summed E-state index contributed by atoms with van der Waals surface area (Å²) in [4.78, 5) is 14.2. The minimum Gasteiger partial charge on any atom is -0.332 e. The fraction of sp³-hybridized carbons (Fsp3) is 0.412. The number of aryl methyl sites for hydroxylation is 1. The van der Waals surface area contributed by atoms with Gasteiger partial charge in [0.1, 0.15) is 0 Å². The van der Waals surface area contributed by atoms with Crippen molar-refractivity contribution in [1.82, 2.24) is 20.0 Å². The number of rotatable bonds is 4. The molecule has 1 saturated heterocycles. The smallest absolute Gasteiger partial charge is 0.317 e. The average molecular weight is 298 g/mol. The van der Waals surface area contributed by atoms with Gasteiger partial charge in [-0.15, -0.1) is 0 Å². The molecule has 0 radical (unpaired) electrons. The van der Waals surface area contributed by atoms with Gasteiger partial charge in [-0.05, 0) is 30.4 Å². The van der Waals surface area contributed by atoms with Gasteiger partial charge >= 0.3 is 6.03 Å². The van der Waals surface area contributed by atoms with Crippen LogP contribution in [0.5, 0.6) is 0 Å². The lowest BCUT2D eigenvalue weighted by Gasteiger charge is -2.17. The van der Waals surface area contributed by atoms with Crippen molar-refractivity contribution < 1.29 is 4.79 Å². The van der Waals surface area contributed by atoms with Gasteiger partial charge in [0.15, 0.2) is 0 Å². The number of urea groups is 1. The maximum Gasteiger partial charge on any atom is 0.317 e. The summed E-state index contributed by atoms with van der Waals surface area (Å²) in [6.07, 6.45) is 3.87. The molecule has 1 unspecified atom stereocenters. The van der Waals surface area contributed by atoms with Crippen molar-refractivity contribution in [3.05, 3.63) is 53.9 Å². The Morgan fingerprint density at radius 2 is 2.14 bits per heavy atom. The third-order valence-electron chi connectivity index (χ3n) is 4.28. The minimum absolute atomic E-state index is 0.0248. The summed E-state index contributed by atoms with van der Waals surface area (Å²) in [6, 6.07) is 12.4. The van der Waals surface area contributed by atoms with E-state index in [2.05, 4.69) is 34.7 Å². The summed E-state index contributed by atoms with van der Waals surface area (Å²) in [7, 11) is 1.88. The highest BCUT2D eigenvalue weighted by Crippen LogP contribution is 2.20. The first-order valence-electron chi connectivity index (χ1n) is 7.76. The monoisotopic (exact) mass is 298 g/mol. The van der Waals surface area contributed by atoms with Crippen LogP contribution in [0.2, 0.25) is 0 Å². The molecule has 0 bridgehead atoms. The lowest BCUT2D eigenvalue weighted by atomic mass is 9.99. The summed E-state index contributed by atoms with van der Waals surface area (Å²) in [5.41, 5.74) is 2.36. The maximum absolute atomic E-state index is 12.2. The lowest BCUT2D eigenvalue weighted by molar-refractivity contribution is 0.206. The Hall–Kier alpha value is -2.30. The Kier molecular flexibility index (Phi) is 4.42. The van der Waals surface area contributed by atoms with E-state index in [1.165, 1.54) is 5.56 Å². The van der Waals surface area contributed by atoms with Crippen molar-refractivity contribution >= 4 is 6.03 Å². The van der Waals surface area contributed by atoms with Crippen LogP contribution in [0.4, 0.5) is 4.79 Å². The highest BCUT2D eigenvalue weighted by Gasteiger charge is 2.26. The molecule has 1 aliphatic rings. The van der Waals surface area contributed by atoms with E-state index in [9.17, 15) is 4.79 Å². The fourth-order valence-corrected chi connectivity index (χ4v) is 2.98. The number of carbonyl (C=O) groups excluding carboxylic acids is 1. The van der Waals surface area contributed by atoms with Gasteiger partial charge in [-0.1, -0.05) is 30.3 Å². The number of benzene rings is 1. The molecular formula is C17H22N4O. The van der Waals surface area contributed by atoms with Crippen molar-refractivity contribution in [1.29, 1.82) is 0 Å². The van der Waals surface area contributed by atoms with Gasteiger partial charge in [-0.3, -0.25) is 4.68 Å². The van der Waals surface area contributed by atoms with Crippen LogP contribution >= 0.6 is 0 Å². The zero-order valence-corrected chi connectivity index (χ0v) is 12.9. The summed E-state index contributed by atoms with van der Waals surface area (Å²) in [6.45, 7) is 2.20. The first-order chi connectivity index (χ1) is 10.7. The molecule has 116 valence electrons. The Morgan fingerprint density at radius 1 is 1.32 bits per heavy atom. The largest absolute Gasteiger partial charge is 0.332 e. The van der Waals surface area contributed by atoms with E-state index >= 15 is 0 Å². The van der Waals surface area contributed by atoms with Crippen LogP contribution in [0, 0.1) is 5.92 Å². The lowest BCUT2D eigenvalue weighted by Crippen LogP contribution is -2.38. The van der Waals surface area contributed by atoms with Gasteiger partial charge in [0.2, 0.25) is 0 Å². The highest BCUT2D eigenvalue weighted by atomic mass is 16.2. The van der Waals surface area contributed by atoms with Gasteiger partial charge in [0, 0.05) is 26.3 Å². The predicted molar refractivity (Wildman–Crippen MR) is 85.3 cm³/mol.